The fourth-order valence-electron chi connectivity index (χ4n) is 3.13. The molecule has 0 radical (unpaired) electrons. The van der Waals surface area contributed by atoms with E-state index in [-0.39, 0.29) is 5.91 Å². The Kier molecular flexibility index (Phi) is 4.15. The van der Waals surface area contributed by atoms with E-state index < -0.39 is 0 Å². The SMILES string of the molecule is CNC(=O)c1cnc(N)c2[nH]c(-c3cccc(-c4nnn(C)n4)c3OC)cc12. The van der Waals surface area contributed by atoms with Gasteiger partial charge in [0.1, 0.15) is 11.6 Å². The van der Waals surface area contributed by atoms with Gasteiger partial charge in [-0.05, 0) is 23.4 Å². The molecule has 0 fully saturated rings. The Morgan fingerprint density at radius 2 is 2.11 bits per heavy atom. The summed E-state index contributed by atoms with van der Waals surface area (Å²) in [7, 11) is 4.84. The van der Waals surface area contributed by atoms with Gasteiger partial charge >= 0.3 is 0 Å². The number of aryl methyl sites for hydroxylation is 1. The lowest BCUT2D eigenvalue weighted by Gasteiger charge is -2.10. The number of methoxy groups -OCH3 is 1. The molecule has 0 spiro atoms. The van der Waals surface area contributed by atoms with Crippen LogP contribution >= 0.6 is 0 Å². The van der Waals surface area contributed by atoms with E-state index >= 15 is 0 Å². The molecule has 0 bridgehead atoms. The van der Waals surface area contributed by atoms with Gasteiger partial charge in [0.2, 0.25) is 5.82 Å². The summed E-state index contributed by atoms with van der Waals surface area (Å²) < 4.78 is 5.66. The summed E-state index contributed by atoms with van der Waals surface area (Å²) in [6, 6.07) is 7.47. The van der Waals surface area contributed by atoms with Crippen molar-refractivity contribution in [2.75, 3.05) is 19.9 Å². The predicted octanol–water partition coefficient (Wildman–Crippen LogP) is 1.37. The summed E-state index contributed by atoms with van der Waals surface area (Å²) in [6.45, 7) is 0. The summed E-state index contributed by atoms with van der Waals surface area (Å²) >= 11 is 0. The lowest BCUT2D eigenvalue weighted by molar-refractivity contribution is 0.0964. The highest BCUT2D eigenvalue weighted by molar-refractivity contribution is 6.09. The molecule has 0 unspecified atom stereocenters. The van der Waals surface area contributed by atoms with E-state index in [2.05, 4.69) is 30.7 Å². The van der Waals surface area contributed by atoms with Crippen molar-refractivity contribution in [2.24, 2.45) is 7.05 Å². The largest absolute Gasteiger partial charge is 0.495 e. The zero-order valence-corrected chi connectivity index (χ0v) is 15.5. The van der Waals surface area contributed by atoms with Crippen LogP contribution in [0.25, 0.3) is 33.5 Å². The first-order chi connectivity index (χ1) is 13.5. The first-order valence-corrected chi connectivity index (χ1v) is 8.44. The number of nitrogens with one attached hydrogen (secondary N) is 2. The van der Waals surface area contributed by atoms with E-state index in [0.29, 0.717) is 39.4 Å². The van der Waals surface area contributed by atoms with Gasteiger partial charge in [-0.25, -0.2) is 4.98 Å². The fraction of sp³-hybridized carbons (Fsp3) is 0.167. The van der Waals surface area contributed by atoms with E-state index in [1.807, 2.05) is 24.3 Å². The minimum Gasteiger partial charge on any atom is -0.495 e. The normalized spacial score (nSPS) is 11.0. The molecule has 4 rings (SSSR count). The number of tetrazole rings is 1. The second-order valence-electron chi connectivity index (χ2n) is 6.10. The number of ether oxygens (including phenoxy) is 1. The number of pyridine rings is 1. The van der Waals surface area contributed by atoms with Gasteiger partial charge in [-0.1, -0.05) is 6.07 Å². The standard InChI is InChI=1S/C18H18N8O2/c1-20-18(27)12-8-21-16(19)14-11(12)7-13(22-14)9-5-4-6-10(15(9)28-3)17-23-25-26(2)24-17/h4-8,22H,1-3H3,(H2,19,21)(H,20,27). The Hall–Kier alpha value is -3.95. The molecule has 0 aliphatic rings. The lowest BCUT2D eigenvalue weighted by Crippen LogP contribution is -2.18. The van der Waals surface area contributed by atoms with Crippen LogP contribution in [0.1, 0.15) is 10.4 Å². The van der Waals surface area contributed by atoms with Crippen LogP contribution in [0.5, 0.6) is 5.75 Å². The topological polar surface area (TPSA) is 137 Å². The lowest BCUT2D eigenvalue weighted by atomic mass is 10.0. The second-order valence-corrected chi connectivity index (χ2v) is 6.10. The van der Waals surface area contributed by atoms with Gasteiger partial charge in [0, 0.05) is 24.2 Å². The summed E-state index contributed by atoms with van der Waals surface area (Å²) in [6.07, 6.45) is 1.46. The van der Waals surface area contributed by atoms with E-state index in [1.54, 1.807) is 21.2 Å². The molecule has 142 valence electrons. The van der Waals surface area contributed by atoms with Crippen LogP contribution in [0.4, 0.5) is 5.82 Å². The average molecular weight is 378 g/mol. The number of benzene rings is 1. The molecule has 4 N–H and O–H groups in total. The van der Waals surface area contributed by atoms with E-state index in [1.165, 1.54) is 11.0 Å². The molecule has 0 saturated heterocycles. The second kappa shape index (κ2) is 6.65. The number of nitrogens with zero attached hydrogens (tertiary/aromatic N) is 5. The Bertz CT molecular complexity index is 1190. The van der Waals surface area contributed by atoms with Gasteiger partial charge in [0.05, 0.1) is 36.5 Å². The number of anilines is 1. The van der Waals surface area contributed by atoms with Crippen molar-refractivity contribution < 1.29 is 9.53 Å². The van der Waals surface area contributed by atoms with E-state index in [9.17, 15) is 4.79 Å². The number of para-hydroxylation sites is 1. The molecule has 4 aromatic rings. The Morgan fingerprint density at radius 3 is 2.79 bits per heavy atom. The highest BCUT2D eigenvalue weighted by Crippen LogP contribution is 2.39. The quantitative estimate of drug-likeness (QED) is 0.488. The zero-order chi connectivity index (χ0) is 19.8. The molecule has 0 atom stereocenters. The van der Waals surface area contributed by atoms with Crippen molar-refractivity contribution in [3.05, 3.63) is 36.0 Å². The summed E-state index contributed by atoms with van der Waals surface area (Å²) in [4.78, 5) is 20.9. The van der Waals surface area contributed by atoms with Gasteiger partial charge in [0.15, 0.2) is 0 Å². The maximum absolute atomic E-state index is 12.2. The van der Waals surface area contributed by atoms with Crippen molar-refractivity contribution in [2.45, 2.75) is 0 Å². The van der Waals surface area contributed by atoms with E-state index in [0.717, 1.165) is 11.3 Å². The first-order valence-electron chi connectivity index (χ1n) is 8.44. The molecular weight excluding hydrogens is 360 g/mol. The van der Waals surface area contributed by atoms with Crippen molar-refractivity contribution >= 4 is 22.6 Å². The third-order valence-corrected chi connectivity index (χ3v) is 4.43. The zero-order valence-electron chi connectivity index (χ0n) is 15.5. The number of H-pyrrole nitrogens is 1. The summed E-state index contributed by atoms with van der Waals surface area (Å²) in [5, 5.41) is 15.5. The third kappa shape index (κ3) is 2.71. The number of amides is 1. The molecule has 0 aliphatic heterocycles. The van der Waals surface area contributed by atoms with Crippen LogP contribution in [0.2, 0.25) is 0 Å². The van der Waals surface area contributed by atoms with Crippen LogP contribution < -0.4 is 15.8 Å². The maximum Gasteiger partial charge on any atom is 0.253 e. The molecule has 0 aliphatic carbocycles. The highest BCUT2D eigenvalue weighted by Gasteiger charge is 2.20. The number of aromatic nitrogens is 6. The van der Waals surface area contributed by atoms with Crippen LogP contribution in [0, 0.1) is 0 Å². The molecule has 0 saturated carbocycles. The fourth-order valence-corrected chi connectivity index (χ4v) is 3.13. The van der Waals surface area contributed by atoms with Crippen molar-refractivity contribution in [1.82, 2.24) is 35.5 Å². The average Bonchev–Trinajstić information content (AvgIpc) is 3.34. The molecule has 3 heterocycles. The van der Waals surface area contributed by atoms with Gasteiger partial charge in [-0.2, -0.15) is 4.80 Å². The van der Waals surface area contributed by atoms with Crippen LogP contribution in [0.3, 0.4) is 0 Å². The number of carbonyl (C=O) groups excluding carboxylic acids is 1. The van der Waals surface area contributed by atoms with Crippen molar-refractivity contribution in [3.63, 3.8) is 0 Å². The van der Waals surface area contributed by atoms with Gasteiger partial charge < -0.3 is 20.8 Å². The number of nitrogens with two attached hydrogens (primary N) is 1. The molecule has 1 aromatic carbocycles. The first kappa shape index (κ1) is 17.5. The van der Waals surface area contributed by atoms with E-state index in [4.69, 9.17) is 10.5 Å². The predicted molar refractivity (Wildman–Crippen MR) is 104 cm³/mol. The van der Waals surface area contributed by atoms with Crippen molar-refractivity contribution in [1.29, 1.82) is 0 Å². The highest BCUT2D eigenvalue weighted by atomic mass is 16.5. The number of hydrogen-bond donors (Lipinski definition) is 3. The van der Waals surface area contributed by atoms with Crippen LogP contribution in [-0.4, -0.2) is 50.2 Å². The van der Waals surface area contributed by atoms with Gasteiger partial charge in [-0.3, -0.25) is 4.79 Å². The third-order valence-electron chi connectivity index (χ3n) is 4.43. The van der Waals surface area contributed by atoms with Crippen LogP contribution in [0.15, 0.2) is 30.5 Å². The molecule has 28 heavy (non-hydrogen) atoms. The smallest absolute Gasteiger partial charge is 0.253 e. The maximum atomic E-state index is 12.2. The van der Waals surface area contributed by atoms with Crippen molar-refractivity contribution in [3.8, 4) is 28.4 Å². The molecule has 3 aromatic heterocycles. The monoisotopic (exact) mass is 378 g/mol. The Morgan fingerprint density at radius 1 is 1.32 bits per heavy atom. The van der Waals surface area contributed by atoms with Gasteiger partial charge in [0.25, 0.3) is 5.91 Å². The minimum atomic E-state index is -0.243. The summed E-state index contributed by atoms with van der Waals surface area (Å²) in [5.41, 5.74) is 9.22. The Labute approximate surface area is 159 Å². The number of rotatable bonds is 4. The number of carbonyl (C=O) groups is 1. The minimum absolute atomic E-state index is 0.243. The molecular formula is C18H18N8O2. The van der Waals surface area contributed by atoms with Gasteiger partial charge in [-0.15, -0.1) is 10.2 Å². The molecule has 10 nitrogen and oxygen atoms in total. The number of hydrogen-bond acceptors (Lipinski definition) is 7. The Balaban J connectivity index is 1.93. The number of fused-ring (bicyclic) bond motifs is 1. The number of nitrogen functional groups attached to an aromatic ring is 1. The molecule has 1 amide bonds. The molecule has 10 heteroatoms. The summed E-state index contributed by atoms with van der Waals surface area (Å²) in [5.74, 6) is 1.09. The van der Waals surface area contributed by atoms with Crippen LogP contribution in [-0.2, 0) is 7.05 Å². The number of aromatic amines is 1.